The molecule has 1 amide bonds. The summed E-state index contributed by atoms with van der Waals surface area (Å²) in [5.74, 6) is -0.581. The molecule has 0 unspecified atom stereocenters. The number of nitrogens with two attached hydrogens (primary N) is 1. The molecule has 148 valence electrons. The van der Waals surface area contributed by atoms with E-state index in [4.69, 9.17) is 10.5 Å². The van der Waals surface area contributed by atoms with Crippen molar-refractivity contribution in [3.05, 3.63) is 101 Å². The molecule has 3 rings (SSSR count). The van der Waals surface area contributed by atoms with Gasteiger partial charge in [-0.3, -0.25) is 9.78 Å². The maximum atomic E-state index is 13.2. The van der Waals surface area contributed by atoms with Crippen LogP contribution in [-0.4, -0.2) is 28.9 Å². The quantitative estimate of drug-likeness (QED) is 0.628. The second-order valence-electron chi connectivity index (χ2n) is 6.63. The largest absolute Gasteiger partial charge is 0.465 e. The van der Waals surface area contributed by atoms with E-state index in [-0.39, 0.29) is 5.91 Å². The van der Waals surface area contributed by atoms with Crippen LogP contribution in [0.1, 0.15) is 33.1 Å². The molecule has 0 aliphatic heterocycles. The molecule has 2 N–H and O–H groups in total. The number of carbonyl (C=O) groups is 2. The standard InChI is InChI=1S/C23H23N3O3/c1-29-23(28)20-11-9-17(10-12-20)15-26(16-18-6-5-13-25-14-18)22(27)21(24)19-7-3-2-4-8-19/h2-14,21H,15-16,24H2,1H3/t21-/m0/s1. The summed E-state index contributed by atoms with van der Waals surface area (Å²) in [4.78, 5) is 30.6. The Kier molecular flexibility index (Phi) is 6.71. The molecule has 0 aliphatic carbocycles. The van der Waals surface area contributed by atoms with Gasteiger partial charge in [0.15, 0.2) is 0 Å². The monoisotopic (exact) mass is 389 g/mol. The molecule has 0 saturated heterocycles. The van der Waals surface area contributed by atoms with E-state index in [1.54, 1.807) is 29.4 Å². The first-order valence-corrected chi connectivity index (χ1v) is 9.24. The Bertz CT molecular complexity index is 944. The Labute approximate surface area is 169 Å². The summed E-state index contributed by atoms with van der Waals surface area (Å²) in [6, 6.07) is 19.3. The minimum absolute atomic E-state index is 0.183. The van der Waals surface area contributed by atoms with Crippen molar-refractivity contribution >= 4 is 11.9 Å². The maximum Gasteiger partial charge on any atom is 0.337 e. The predicted molar refractivity (Wildman–Crippen MR) is 110 cm³/mol. The zero-order valence-corrected chi connectivity index (χ0v) is 16.2. The molecule has 6 heteroatoms. The SMILES string of the molecule is COC(=O)c1ccc(CN(Cc2cccnc2)C(=O)[C@@H](N)c2ccccc2)cc1. The second kappa shape index (κ2) is 9.61. The fourth-order valence-electron chi connectivity index (χ4n) is 3.01. The van der Waals surface area contributed by atoms with Crippen molar-refractivity contribution in [2.24, 2.45) is 5.73 Å². The minimum atomic E-state index is -0.762. The van der Waals surface area contributed by atoms with Crippen LogP contribution in [0.25, 0.3) is 0 Å². The van der Waals surface area contributed by atoms with E-state index < -0.39 is 12.0 Å². The molecule has 0 spiro atoms. The molecular weight excluding hydrogens is 366 g/mol. The van der Waals surface area contributed by atoms with Crippen molar-refractivity contribution in [2.75, 3.05) is 7.11 Å². The number of aromatic nitrogens is 1. The van der Waals surface area contributed by atoms with Crippen molar-refractivity contribution in [1.82, 2.24) is 9.88 Å². The molecule has 0 bridgehead atoms. The Hall–Kier alpha value is -3.51. The number of hydrogen-bond donors (Lipinski definition) is 1. The summed E-state index contributed by atoms with van der Waals surface area (Å²) in [5, 5.41) is 0. The number of carbonyl (C=O) groups excluding carboxylic acids is 2. The van der Waals surface area contributed by atoms with Gasteiger partial charge < -0.3 is 15.4 Å². The first-order chi connectivity index (χ1) is 14.1. The average Bonchev–Trinajstić information content (AvgIpc) is 2.79. The van der Waals surface area contributed by atoms with Gasteiger partial charge in [-0.2, -0.15) is 0 Å². The van der Waals surface area contributed by atoms with E-state index in [1.807, 2.05) is 54.6 Å². The van der Waals surface area contributed by atoms with E-state index in [0.717, 1.165) is 16.7 Å². The van der Waals surface area contributed by atoms with Crippen LogP contribution >= 0.6 is 0 Å². The summed E-state index contributed by atoms with van der Waals surface area (Å²) in [7, 11) is 1.34. The van der Waals surface area contributed by atoms with Gasteiger partial charge in [0, 0.05) is 25.5 Å². The summed E-state index contributed by atoms with van der Waals surface area (Å²) >= 11 is 0. The summed E-state index contributed by atoms with van der Waals surface area (Å²) in [5.41, 5.74) is 9.27. The number of benzene rings is 2. The number of amides is 1. The van der Waals surface area contributed by atoms with Gasteiger partial charge in [0.1, 0.15) is 6.04 Å². The zero-order valence-electron chi connectivity index (χ0n) is 16.2. The molecule has 6 nitrogen and oxygen atoms in total. The second-order valence-corrected chi connectivity index (χ2v) is 6.63. The van der Waals surface area contributed by atoms with Gasteiger partial charge in [-0.05, 0) is 34.9 Å². The van der Waals surface area contributed by atoms with Gasteiger partial charge in [-0.25, -0.2) is 4.79 Å². The van der Waals surface area contributed by atoms with Crippen molar-refractivity contribution < 1.29 is 14.3 Å². The van der Waals surface area contributed by atoms with Crippen LogP contribution in [0.2, 0.25) is 0 Å². The Balaban J connectivity index is 1.82. The number of esters is 1. The molecule has 0 saturated carbocycles. The van der Waals surface area contributed by atoms with Crippen LogP contribution < -0.4 is 5.73 Å². The molecule has 1 atom stereocenters. The fraction of sp³-hybridized carbons (Fsp3) is 0.174. The van der Waals surface area contributed by atoms with E-state index >= 15 is 0 Å². The Morgan fingerprint density at radius 1 is 0.966 bits per heavy atom. The minimum Gasteiger partial charge on any atom is -0.465 e. The number of methoxy groups -OCH3 is 1. The Morgan fingerprint density at radius 3 is 2.28 bits per heavy atom. The van der Waals surface area contributed by atoms with Crippen molar-refractivity contribution in [2.45, 2.75) is 19.1 Å². The molecule has 1 heterocycles. The number of hydrogen-bond acceptors (Lipinski definition) is 5. The first kappa shape index (κ1) is 20.2. The highest BCUT2D eigenvalue weighted by Crippen LogP contribution is 2.18. The highest BCUT2D eigenvalue weighted by Gasteiger charge is 2.23. The lowest BCUT2D eigenvalue weighted by Gasteiger charge is -2.26. The van der Waals surface area contributed by atoms with Gasteiger partial charge >= 0.3 is 5.97 Å². The molecule has 1 aromatic heterocycles. The van der Waals surface area contributed by atoms with Crippen LogP contribution in [0.3, 0.4) is 0 Å². The number of pyridine rings is 1. The molecule has 2 aromatic carbocycles. The van der Waals surface area contributed by atoms with Gasteiger partial charge in [0.25, 0.3) is 0 Å². The highest BCUT2D eigenvalue weighted by atomic mass is 16.5. The van der Waals surface area contributed by atoms with Gasteiger partial charge in [0.2, 0.25) is 5.91 Å². The average molecular weight is 389 g/mol. The van der Waals surface area contributed by atoms with E-state index in [0.29, 0.717) is 18.7 Å². The van der Waals surface area contributed by atoms with Crippen molar-refractivity contribution in [3.63, 3.8) is 0 Å². The van der Waals surface area contributed by atoms with Crippen LogP contribution in [-0.2, 0) is 22.6 Å². The highest BCUT2D eigenvalue weighted by molar-refractivity contribution is 5.89. The van der Waals surface area contributed by atoms with Crippen LogP contribution in [0.4, 0.5) is 0 Å². The molecule has 0 aliphatic rings. The third-order valence-corrected chi connectivity index (χ3v) is 4.58. The van der Waals surface area contributed by atoms with Crippen LogP contribution in [0.5, 0.6) is 0 Å². The zero-order chi connectivity index (χ0) is 20.6. The van der Waals surface area contributed by atoms with Crippen molar-refractivity contribution in [1.29, 1.82) is 0 Å². The Morgan fingerprint density at radius 2 is 1.66 bits per heavy atom. The smallest absolute Gasteiger partial charge is 0.337 e. The summed E-state index contributed by atoms with van der Waals surface area (Å²) < 4.78 is 4.73. The summed E-state index contributed by atoms with van der Waals surface area (Å²) in [6.45, 7) is 0.738. The van der Waals surface area contributed by atoms with Crippen LogP contribution in [0.15, 0.2) is 79.1 Å². The van der Waals surface area contributed by atoms with Gasteiger partial charge in [-0.1, -0.05) is 48.5 Å². The van der Waals surface area contributed by atoms with E-state index in [1.165, 1.54) is 7.11 Å². The molecule has 0 radical (unpaired) electrons. The number of nitrogens with zero attached hydrogens (tertiary/aromatic N) is 2. The lowest BCUT2D eigenvalue weighted by Crippen LogP contribution is -2.37. The molecule has 0 fully saturated rings. The fourth-order valence-corrected chi connectivity index (χ4v) is 3.01. The van der Waals surface area contributed by atoms with Gasteiger partial charge in [0.05, 0.1) is 12.7 Å². The maximum absolute atomic E-state index is 13.2. The van der Waals surface area contributed by atoms with E-state index in [9.17, 15) is 9.59 Å². The van der Waals surface area contributed by atoms with Crippen molar-refractivity contribution in [3.8, 4) is 0 Å². The molecule has 3 aromatic rings. The lowest BCUT2D eigenvalue weighted by molar-refractivity contribution is -0.134. The third kappa shape index (κ3) is 5.27. The lowest BCUT2D eigenvalue weighted by atomic mass is 10.1. The van der Waals surface area contributed by atoms with Gasteiger partial charge in [-0.15, -0.1) is 0 Å². The number of ether oxygens (including phenoxy) is 1. The summed E-state index contributed by atoms with van der Waals surface area (Å²) in [6.07, 6.45) is 3.42. The normalized spacial score (nSPS) is 11.5. The molecular formula is C23H23N3O3. The predicted octanol–water partition coefficient (Wildman–Crippen LogP) is 3.10. The topological polar surface area (TPSA) is 85.5 Å². The van der Waals surface area contributed by atoms with Crippen LogP contribution in [0, 0.1) is 0 Å². The van der Waals surface area contributed by atoms with E-state index in [2.05, 4.69) is 4.98 Å². The third-order valence-electron chi connectivity index (χ3n) is 4.58. The molecule has 29 heavy (non-hydrogen) atoms. The first-order valence-electron chi connectivity index (χ1n) is 9.24. The number of rotatable bonds is 7.